The summed E-state index contributed by atoms with van der Waals surface area (Å²) < 4.78 is 5.69. The van der Waals surface area contributed by atoms with Gasteiger partial charge in [-0.15, -0.1) is 0 Å². The van der Waals surface area contributed by atoms with Gasteiger partial charge in [0.1, 0.15) is 11.3 Å². The number of nitro benzene ring substituents is 1. The van der Waals surface area contributed by atoms with Crippen LogP contribution in [-0.2, 0) is 0 Å². The number of nitro groups is 1. The summed E-state index contributed by atoms with van der Waals surface area (Å²) in [6, 6.07) is 14.1. The van der Waals surface area contributed by atoms with Gasteiger partial charge in [-0.2, -0.15) is 0 Å². The van der Waals surface area contributed by atoms with Crippen molar-refractivity contribution in [1.29, 1.82) is 0 Å². The standard InChI is InChI=1S/C22H22N4O5/c1-14-12-24(21(27)20-11-16-7-3-6-10-19(16)31-20)13-15(2)25(14)22(28)23-17-8-4-5-9-18(17)26(29)30/h3-11,14-15H,12-13H2,1-2H3,(H,23,28). The number of anilines is 1. The van der Waals surface area contributed by atoms with E-state index in [1.54, 1.807) is 28.0 Å². The Kier molecular flexibility index (Phi) is 5.33. The van der Waals surface area contributed by atoms with Crippen LogP contribution < -0.4 is 5.32 Å². The molecule has 4 rings (SSSR count). The number of piperazine rings is 1. The first-order valence-corrected chi connectivity index (χ1v) is 9.95. The summed E-state index contributed by atoms with van der Waals surface area (Å²) in [6.07, 6.45) is 0. The number of carbonyl (C=O) groups excluding carboxylic acids is 2. The van der Waals surface area contributed by atoms with Crippen molar-refractivity contribution in [3.8, 4) is 0 Å². The van der Waals surface area contributed by atoms with Crippen molar-refractivity contribution in [2.24, 2.45) is 0 Å². The molecule has 1 aliphatic rings. The Hall–Kier alpha value is -3.88. The van der Waals surface area contributed by atoms with E-state index in [4.69, 9.17) is 4.42 Å². The molecular weight excluding hydrogens is 400 g/mol. The number of fused-ring (bicyclic) bond motifs is 1. The van der Waals surface area contributed by atoms with Gasteiger partial charge < -0.3 is 19.5 Å². The smallest absolute Gasteiger partial charge is 0.322 e. The second-order valence-corrected chi connectivity index (χ2v) is 7.67. The van der Waals surface area contributed by atoms with Gasteiger partial charge in [-0.3, -0.25) is 14.9 Å². The molecule has 160 valence electrons. The molecule has 2 unspecified atom stereocenters. The lowest BCUT2D eigenvalue weighted by Gasteiger charge is -2.44. The second kappa shape index (κ2) is 8.10. The number of nitrogens with one attached hydrogen (secondary N) is 1. The van der Waals surface area contributed by atoms with Gasteiger partial charge in [-0.1, -0.05) is 30.3 Å². The lowest BCUT2D eigenvalue weighted by atomic mass is 10.1. The maximum absolute atomic E-state index is 13.0. The largest absolute Gasteiger partial charge is 0.451 e. The first kappa shape index (κ1) is 20.4. The molecule has 0 saturated carbocycles. The van der Waals surface area contributed by atoms with Gasteiger partial charge in [0.05, 0.1) is 4.92 Å². The number of amides is 3. The van der Waals surface area contributed by atoms with Crippen LogP contribution in [0.3, 0.4) is 0 Å². The van der Waals surface area contributed by atoms with E-state index in [1.165, 1.54) is 12.1 Å². The summed E-state index contributed by atoms with van der Waals surface area (Å²) in [4.78, 5) is 39.8. The summed E-state index contributed by atoms with van der Waals surface area (Å²) in [5, 5.41) is 14.7. The van der Waals surface area contributed by atoms with Gasteiger partial charge in [-0.25, -0.2) is 4.79 Å². The third kappa shape index (κ3) is 3.94. The molecule has 1 saturated heterocycles. The SMILES string of the molecule is CC1CN(C(=O)c2cc3ccccc3o2)CC(C)N1C(=O)Nc1ccccc1[N+](=O)[O-]. The predicted molar refractivity (Wildman–Crippen MR) is 115 cm³/mol. The minimum Gasteiger partial charge on any atom is -0.451 e. The molecule has 2 atom stereocenters. The molecule has 3 aromatic rings. The van der Waals surface area contributed by atoms with Crippen molar-refractivity contribution >= 4 is 34.3 Å². The topological polar surface area (TPSA) is 109 Å². The molecule has 1 aromatic heterocycles. The molecule has 31 heavy (non-hydrogen) atoms. The minimum atomic E-state index is -0.535. The van der Waals surface area contributed by atoms with E-state index in [2.05, 4.69) is 5.32 Å². The number of carbonyl (C=O) groups is 2. The van der Waals surface area contributed by atoms with Gasteiger partial charge in [0, 0.05) is 36.6 Å². The van der Waals surface area contributed by atoms with Crippen molar-refractivity contribution in [2.75, 3.05) is 18.4 Å². The zero-order chi connectivity index (χ0) is 22.1. The van der Waals surface area contributed by atoms with E-state index in [0.717, 1.165) is 5.39 Å². The zero-order valence-electron chi connectivity index (χ0n) is 17.1. The van der Waals surface area contributed by atoms with E-state index in [1.807, 2.05) is 38.1 Å². The van der Waals surface area contributed by atoms with Crippen LogP contribution in [0.4, 0.5) is 16.2 Å². The van der Waals surface area contributed by atoms with Crippen molar-refractivity contribution < 1.29 is 18.9 Å². The lowest BCUT2D eigenvalue weighted by molar-refractivity contribution is -0.383. The quantitative estimate of drug-likeness (QED) is 0.505. The normalized spacial score (nSPS) is 18.8. The van der Waals surface area contributed by atoms with Crippen molar-refractivity contribution in [1.82, 2.24) is 9.80 Å². The van der Waals surface area contributed by atoms with Gasteiger partial charge in [0.15, 0.2) is 5.76 Å². The molecule has 9 heteroatoms. The molecule has 0 bridgehead atoms. The van der Waals surface area contributed by atoms with Crippen LogP contribution in [0, 0.1) is 10.1 Å². The maximum atomic E-state index is 13.0. The third-order valence-electron chi connectivity index (χ3n) is 5.42. The van der Waals surface area contributed by atoms with Gasteiger partial charge >= 0.3 is 6.03 Å². The second-order valence-electron chi connectivity index (χ2n) is 7.67. The Labute approximate surface area is 178 Å². The highest BCUT2D eigenvalue weighted by Crippen LogP contribution is 2.26. The third-order valence-corrected chi connectivity index (χ3v) is 5.42. The number of rotatable bonds is 3. The van der Waals surface area contributed by atoms with E-state index in [0.29, 0.717) is 18.7 Å². The number of para-hydroxylation sites is 3. The highest BCUT2D eigenvalue weighted by molar-refractivity contribution is 5.96. The van der Waals surface area contributed by atoms with Gasteiger partial charge in [0.2, 0.25) is 0 Å². The molecule has 0 spiro atoms. The Morgan fingerprint density at radius 3 is 2.39 bits per heavy atom. The number of nitrogens with zero attached hydrogens (tertiary/aromatic N) is 3. The molecule has 0 aliphatic carbocycles. The molecule has 1 fully saturated rings. The average Bonchev–Trinajstić information content (AvgIpc) is 3.17. The summed E-state index contributed by atoms with van der Waals surface area (Å²) in [6.45, 7) is 4.33. The molecule has 0 radical (unpaired) electrons. The molecule has 2 aromatic carbocycles. The molecule has 2 heterocycles. The van der Waals surface area contributed by atoms with Crippen LogP contribution in [0.5, 0.6) is 0 Å². The van der Waals surface area contributed by atoms with Gasteiger partial charge in [-0.05, 0) is 32.0 Å². The minimum absolute atomic E-state index is 0.137. The lowest BCUT2D eigenvalue weighted by Crippen LogP contribution is -2.60. The van der Waals surface area contributed by atoms with E-state index >= 15 is 0 Å². The first-order valence-electron chi connectivity index (χ1n) is 9.95. The maximum Gasteiger partial charge on any atom is 0.322 e. The highest BCUT2D eigenvalue weighted by atomic mass is 16.6. The summed E-state index contributed by atoms with van der Waals surface area (Å²) in [7, 11) is 0. The number of benzene rings is 2. The predicted octanol–water partition coefficient (Wildman–Crippen LogP) is 4.11. The van der Waals surface area contributed by atoms with Crippen LogP contribution in [-0.4, -0.2) is 51.8 Å². The Morgan fingerprint density at radius 1 is 1.06 bits per heavy atom. The fourth-order valence-electron chi connectivity index (χ4n) is 4.05. The highest BCUT2D eigenvalue weighted by Gasteiger charge is 2.36. The van der Waals surface area contributed by atoms with Crippen molar-refractivity contribution in [2.45, 2.75) is 25.9 Å². The molecule has 3 amide bonds. The fourth-order valence-corrected chi connectivity index (χ4v) is 4.05. The number of furan rings is 1. The summed E-state index contributed by atoms with van der Waals surface area (Å²) >= 11 is 0. The number of hydrogen-bond acceptors (Lipinski definition) is 5. The number of urea groups is 1. The Balaban J connectivity index is 1.48. The molecule has 1 N–H and O–H groups in total. The van der Waals surface area contributed by atoms with Crippen LogP contribution in [0.2, 0.25) is 0 Å². The van der Waals surface area contributed by atoms with Crippen LogP contribution >= 0.6 is 0 Å². The molecule has 9 nitrogen and oxygen atoms in total. The van der Waals surface area contributed by atoms with Gasteiger partial charge in [0.25, 0.3) is 11.6 Å². The average molecular weight is 422 g/mol. The van der Waals surface area contributed by atoms with E-state index < -0.39 is 11.0 Å². The van der Waals surface area contributed by atoms with Crippen LogP contribution in [0.15, 0.2) is 59.0 Å². The zero-order valence-corrected chi connectivity index (χ0v) is 17.1. The van der Waals surface area contributed by atoms with E-state index in [-0.39, 0.29) is 35.1 Å². The van der Waals surface area contributed by atoms with Crippen molar-refractivity contribution in [3.63, 3.8) is 0 Å². The Bertz CT molecular complexity index is 1110. The van der Waals surface area contributed by atoms with Crippen LogP contribution in [0.25, 0.3) is 11.0 Å². The fraction of sp³-hybridized carbons (Fsp3) is 0.273. The van der Waals surface area contributed by atoms with Crippen LogP contribution in [0.1, 0.15) is 24.4 Å². The number of hydrogen-bond donors (Lipinski definition) is 1. The van der Waals surface area contributed by atoms with E-state index in [9.17, 15) is 19.7 Å². The molecule has 1 aliphatic heterocycles. The monoisotopic (exact) mass is 422 g/mol. The summed E-state index contributed by atoms with van der Waals surface area (Å²) in [5.74, 6) is 0.0343. The first-order chi connectivity index (χ1) is 14.8. The molecular formula is C22H22N4O5. The Morgan fingerprint density at radius 2 is 1.71 bits per heavy atom. The summed E-state index contributed by atoms with van der Waals surface area (Å²) in [5.41, 5.74) is 0.613. The van der Waals surface area contributed by atoms with Crippen molar-refractivity contribution in [3.05, 3.63) is 70.5 Å².